The Balaban J connectivity index is 1.41. The normalized spacial score (nSPS) is 25.6. The van der Waals surface area contributed by atoms with Gasteiger partial charge in [0, 0.05) is 0 Å². The smallest absolute Gasteiger partial charge is 0.237 e. The molecule has 3 aromatic rings. The van der Waals surface area contributed by atoms with Crippen molar-refractivity contribution in [2.24, 2.45) is 5.73 Å². The molecule has 1 saturated heterocycles. The highest BCUT2D eigenvalue weighted by Gasteiger charge is 2.45. The Kier molecular flexibility index (Phi) is 7.19. The Morgan fingerprint density at radius 1 is 1.24 bits per heavy atom. The fourth-order valence-electron chi connectivity index (χ4n) is 3.81. The van der Waals surface area contributed by atoms with Gasteiger partial charge in [-0.3, -0.25) is 4.79 Å². The largest absolute Gasteiger partial charge is 0.497 e. The molecular weight excluding hydrogens is 446 g/mol. The molecule has 182 valence electrons. The minimum absolute atomic E-state index is 0.240. The van der Waals surface area contributed by atoms with Gasteiger partial charge in [0.1, 0.15) is 35.9 Å². The summed E-state index contributed by atoms with van der Waals surface area (Å²) in [5, 5.41) is 36.7. The van der Waals surface area contributed by atoms with Crippen LogP contribution in [0.25, 0.3) is 11.2 Å². The van der Waals surface area contributed by atoms with E-state index in [-0.39, 0.29) is 6.42 Å². The molecule has 3 heterocycles. The quantitative estimate of drug-likeness (QED) is 0.196. The lowest BCUT2D eigenvalue weighted by Crippen LogP contribution is -2.67. The Morgan fingerprint density at radius 2 is 2.00 bits per heavy atom. The Hall–Kier alpha value is -3.36. The molecule has 0 unspecified atom stereocenters. The molecule has 1 aliphatic rings. The first-order valence-corrected chi connectivity index (χ1v) is 10.6. The van der Waals surface area contributed by atoms with Crippen LogP contribution in [0.1, 0.15) is 5.56 Å². The molecule has 0 spiro atoms. The molecule has 4 rings (SSSR count). The van der Waals surface area contributed by atoms with Crippen molar-refractivity contribution in [2.75, 3.05) is 19.0 Å². The lowest BCUT2D eigenvalue weighted by Gasteiger charge is -2.43. The minimum Gasteiger partial charge on any atom is -0.497 e. The summed E-state index contributed by atoms with van der Waals surface area (Å²) >= 11 is 0. The third-order valence-electron chi connectivity index (χ3n) is 5.69. The van der Waals surface area contributed by atoms with E-state index in [4.69, 9.17) is 15.2 Å². The first kappa shape index (κ1) is 23.8. The van der Waals surface area contributed by atoms with Crippen LogP contribution in [0.3, 0.4) is 0 Å². The van der Waals surface area contributed by atoms with Gasteiger partial charge in [-0.25, -0.2) is 15.0 Å². The topological polar surface area (TPSA) is 201 Å². The number of amides is 1. The van der Waals surface area contributed by atoms with E-state index in [1.54, 1.807) is 31.4 Å². The molecule has 0 radical (unpaired) electrons. The van der Waals surface area contributed by atoms with E-state index in [1.807, 2.05) is 0 Å². The number of nitrogens with one attached hydrogen (secondary N) is 3. The summed E-state index contributed by atoms with van der Waals surface area (Å²) in [6.45, 7) is -0.524. The highest BCUT2D eigenvalue weighted by molar-refractivity contribution is 5.83. The van der Waals surface area contributed by atoms with E-state index in [0.29, 0.717) is 22.7 Å². The van der Waals surface area contributed by atoms with Crippen molar-refractivity contribution in [3.63, 3.8) is 0 Å². The third kappa shape index (κ3) is 4.93. The van der Waals surface area contributed by atoms with Crippen molar-refractivity contribution in [1.82, 2.24) is 25.3 Å². The van der Waals surface area contributed by atoms with E-state index in [1.165, 1.54) is 12.7 Å². The monoisotopic (exact) mass is 473 g/mol. The highest BCUT2D eigenvalue weighted by Crippen LogP contribution is 2.24. The number of fused-ring (bicyclic) bond motifs is 1. The molecular formula is C21H27N7O6. The number of aromatic nitrogens is 4. The standard InChI is InChI=1S/C21H27N7O6/c1-33-11-4-2-10(3-5-11)6-12(22)20(32)27-14-13(7-29)34-21(17(31)16(14)30)28-19-15-18(24-8-23-15)25-9-26-19/h2-5,8-9,12-14,16-17,21,29-31H,6-7,22H2,1H3,(H,27,32)(H2,23,24,25,26,28)/t12-,13+,14+,16-,17+,21+/m1/s1. The number of ether oxygens (including phenoxy) is 2. The second-order valence-corrected chi connectivity index (χ2v) is 7.92. The molecule has 1 fully saturated rings. The summed E-state index contributed by atoms with van der Waals surface area (Å²) in [7, 11) is 1.56. The maximum Gasteiger partial charge on any atom is 0.237 e. The van der Waals surface area contributed by atoms with Crippen LogP contribution < -0.4 is 21.1 Å². The second-order valence-electron chi connectivity index (χ2n) is 7.92. The average Bonchev–Trinajstić information content (AvgIpc) is 3.34. The highest BCUT2D eigenvalue weighted by atomic mass is 16.5. The van der Waals surface area contributed by atoms with E-state index in [2.05, 4.69) is 30.6 Å². The number of aromatic amines is 1. The first-order valence-electron chi connectivity index (χ1n) is 10.6. The molecule has 0 bridgehead atoms. The van der Waals surface area contributed by atoms with Gasteiger partial charge in [0.15, 0.2) is 17.7 Å². The zero-order chi connectivity index (χ0) is 24.2. The summed E-state index contributed by atoms with van der Waals surface area (Å²) < 4.78 is 10.9. The van der Waals surface area contributed by atoms with Crippen LogP contribution in [0.2, 0.25) is 0 Å². The maximum absolute atomic E-state index is 12.7. The van der Waals surface area contributed by atoms with Crippen LogP contribution >= 0.6 is 0 Å². The lowest BCUT2D eigenvalue weighted by molar-refractivity contribution is -0.185. The number of methoxy groups -OCH3 is 1. The molecule has 8 N–H and O–H groups in total. The fourth-order valence-corrected chi connectivity index (χ4v) is 3.81. The maximum atomic E-state index is 12.7. The fraction of sp³-hybridized carbons (Fsp3) is 0.429. The number of anilines is 1. The van der Waals surface area contributed by atoms with Crippen LogP contribution in [0.5, 0.6) is 5.75 Å². The number of aliphatic hydroxyl groups excluding tert-OH is 3. The SMILES string of the molecule is COc1ccc(C[C@@H](N)C(=O)N[C@@H]2[C@@H](O)[C@H](O)[C@@H](Nc3ncnc4nc[nH]c34)O[C@H]2CO)cc1. The third-order valence-corrected chi connectivity index (χ3v) is 5.69. The Bertz CT molecular complexity index is 1110. The van der Waals surface area contributed by atoms with Crippen molar-refractivity contribution >= 4 is 22.9 Å². The van der Waals surface area contributed by atoms with Gasteiger partial charge >= 0.3 is 0 Å². The predicted molar refractivity (Wildman–Crippen MR) is 120 cm³/mol. The summed E-state index contributed by atoms with van der Waals surface area (Å²) in [6, 6.07) is 5.10. The van der Waals surface area contributed by atoms with Crippen molar-refractivity contribution in [3.8, 4) is 5.75 Å². The molecule has 0 saturated carbocycles. The number of aliphatic hydroxyl groups is 3. The molecule has 13 nitrogen and oxygen atoms in total. The van der Waals surface area contributed by atoms with Gasteiger partial charge in [-0.1, -0.05) is 12.1 Å². The van der Waals surface area contributed by atoms with E-state index in [0.717, 1.165) is 5.56 Å². The lowest BCUT2D eigenvalue weighted by atomic mass is 9.94. The van der Waals surface area contributed by atoms with Crippen LogP contribution in [0, 0.1) is 0 Å². The van der Waals surface area contributed by atoms with Gasteiger partial charge in [0.05, 0.1) is 32.1 Å². The number of carbonyl (C=O) groups is 1. The van der Waals surface area contributed by atoms with E-state index >= 15 is 0 Å². The number of imidazole rings is 1. The van der Waals surface area contributed by atoms with Crippen LogP contribution in [-0.4, -0.2) is 91.5 Å². The van der Waals surface area contributed by atoms with Gasteiger partial charge < -0.3 is 46.1 Å². The number of rotatable bonds is 8. The van der Waals surface area contributed by atoms with Gasteiger partial charge in [-0.05, 0) is 24.1 Å². The zero-order valence-corrected chi connectivity index (χ0v) is 18.3. The van der Waals surface area contributed by atoms with E-state index in [9.17, 15) is 20.1 Å². The predicted octanol–water partition coefficient (Wildman–Crippen LogP) is -1.73. The Morgan fingerprint density at radius 3 is 2.71 bits per heavy atom. The van der Waals surface area contributed by atoms with Gasteiger partial charge in [0.25, 0.3) is 0 Å². The van der Waals surface area contributed by atoms with Gasteiger partial charge in [-0.15, -0.1) is 0 Å². The average molecular weight is 473 g/mol. The molecule has 13 heteroatoms. The molecule has 2 aromatic heterocycles. The molecule has 6 atom stereocenters. The summed E-state index contributed by atoms with van der Waals surface area (Å²) in [4.78, 5) is 27.7. The van der Waals surface area contributed by atoms with Crippen molar-refractivity contribution < 1.29 is 29.6 Å². The molecule has 1 aliphatic heterocycles. The molecule has 1 amide bonds. The number of hydrogen-bond donors (Lipinski definition) is 7. The summed E-state index contributed by atoms with van der Waals surface area (Å²) in [6.07, 6.45) is -2.10. The number of H-pyrrole nitrogens is 1. The second kappa shape index (κ2) is 10.3. The number of nitrogens with zero attached hydrogens (tertiary/aromatic N) is 3. The van der Waals surface area contributed by atoms with Crippen molar-refractivity contribution in [3.05, 3.63) is 42.5 Å². The van der Waals surface area contributed by atoms with Crippen LogP contribution in [-0.2, 0) is 16.0 Å². The minimum atomic E-state index is -1.46. The number of nitrogens with two attached hydrogens (primary N) is 1. The number of hydrogen-bond acceptors (Lipinski definition) is 11. The van der Waals surface area contributed by atoms with Gasteiger partial charge in [0.2, 0.25) is 5.91 Å². The Labute approximate surface area is 194 Å². The summed E-state index contributed by atoms with van der Waals surface area (Å²) in [5.41, 5.74) is 7.75. The van der Waals surface area contributed by atoms with E-state index < -0.39 is 49.1 Å². The first-order chi connectivity index (χ1) is 16.4. The zero-order valence-electron chi connectivity index (χ0n) is 18.3. The van der Waals surface area contributed by atoms with Gasteiger partial charge in [-0.2, -0.15) is 0 Å². The van der Waals surface area contributed by atoms with Crippen molar-refractivity contribution in [1.29, 1.82) is 0 Å². The number of benzene rings is 1. The van der Waals surface area contributed by atoms with Crippen LogP contribution in [0.4, 0.5) is 5.82 Å². The van der Waals surface area contributed by atoms with Crippen molar-refractivity contribution in [2.45, 2.75) is 43.0 Å². The van der Waals surface area contributed by atoms with Crippen LogP contribution in [0.15, 0.2) is 36.9 Å². The molecule has 34 heavy (non-hydrogen) atoms. The molecule has 0 aliphatic carbocycles. The molecule has 1 aromatic carbocycles. The summed E-state index contributed by atoms with van der Waals surface area (Å²) in [5.74, 6) is 0.414. The number of carbonyl (C=O) groups excluding carboxylic acids is 1.